The third kappa shape index (κ3) is 5.85. The molecule has 9 nitrogen and oxygen atoms in total. The predicted octanol–water partition coefficient (Wildman–Crippen LogP) is 4.15. The van der Waals surface area contributed by atoms with Crippen LogP contribution in [0.25, 0.3) is 6.08 Å². The molecule has 2 aromatic carbocycles. The quantitative estimate of drug-likeness (QED) is 0.232. The van der Waals surface area contributed by atoms with Gasteiger partial charge in [0.15, 0.2) is 27.8 Å². The molecule has 0 fully saturated rings. The van der Waals surface area contributed by atoms with Gasteiger partial charge in [0.2, 0.25) is 0 Å². The Bertz CT molecular complexity index is 1640. The minimum Gasteiger partial charge on any atom is -0.493 e. The summed E-state index contributed by atoms with van der Waals surface area (Å²) >= 11 is 4.70. The van der Waals surface area contributed by atoms with Crippen LogP contribution >= 0.6 is 27.3 Å². The molecule has 0 N–H and O–H groups in total. The molecule has 0 saturated heterocycles. The molecule has 0 amide bonds. The van der Waals surface area contributed by atoms with E-state index in [0.29, 0.717) is 56.7 Å². The van der Waals surface area contributed by atoms with E-state index in [2.05, 4.69) is 27.5 Å². The van der Waals surface area contributed by atoms with Crippen molar-refractivity contribution in [3.05, 3.63) is 90.0 Å². The first kappa shape index (κ1) is 29.2. The Labute approximate surface area is 243 Å². The Hall–Kier alpha value is -3.83. The molecule has 3 aromatic rings. The van der Waals surface area contributed by atoms with Gasteiger partial charge in [-0.05, 0) is 49.8 Å². The number of esters is 1. The van der Waals surface area contributed by atoms with Crippen LogP contribution in [-0.2, 0) is 9.53 Å². The third-order valence-corrected chi connectivity index (χ3v) is 7.36. The van der Waals surface area contributed by atoms with Crippen molar-refractivity contribution in [3.8, 4) is 23.0 Å². The van der Waals surface area contributed by atoms with E-state index < -0.39 is 12.0 Å². The van der Waals surface area contributed by atoms with Crippen molar-refractivity contribution >= 4 is 39.3 Å². The first-order chi connectivity index (χ1) is 19.4. The molecular formula is C29H29BrN2O7S. The average Bonchev–Trinajstić information content (AvgIpc) is 3.27. The van der Waals surface area contributed by atoms with Gasteiger partial charge in [-0.25, -0.2) is 9.79 Å². The Morgan fingerprint density at radius 1 is 1.10 bits per heavy atom. The number of carbonyl (C=O) groups excluding carboxylic acids is 1. The van der Waals surface area contributed by atoms with Crippen molar-refractivity contribution in [1.82, 2.24) is 4.57 Å². The molecule has 0 saturated carbocycles. The monoisotopic (exact) mass is 628 g/mol. The van der Waals surface area contributed by atoms with Gasteiger partial charge >= 0.3 is 5.97 Å². The molecule has 4 rings (SSSR count). The summed E-state index contributed by atoms with van der Waals surface area (Å²) in [6.07, 6.45) is 4.79. The zero-order chi connectivity index (χ0) is 28.8. The number of fused-ring (bicyclic) bond motifs is 1. The normalized spacial score (nSPS) is 14.5. The van der Waals surface area contributed by atoms with E-state index in [-0.39, 0.29) is 17.7 Å². The zero-order valence-electron chi connectivity index (χ0n) is 22.6. The second-order valence-corrected chi connectivity index (χ2v) is 10.3. The minimum atomic E-state index is -0.797. The number of thiazole rings is 1. The summed E-state index contributed by atoms with van der Waals surface area (Å²) in [7, 11) is 2.84. The number of methoxy groups -OCH3 is 2. The Morgan fingerprint density at radius 3 is 2.52 bits per heavy atom. The number of benzene rings is 2. The van der Waals surface area contributed by atoms with E-state index in [4.69, 9.17) is 23.7 Å². The van der Waals surface area contributed by atoms with Crippen molar-refractivity contribution in [2.75, 3.05) is 34.0 Å². The van der Waals surface area contributed by atoms with Crippen LogP contribution in [0.3, 0.4) is 0 Å². The van der Waals surface area contributed by atoms with E-state index >= 15 is 0 Å². The Balaban J connectivity index is 1.93. The summed E-state index contributed by atoms with van der Waals surface area (Å²) in [4.78, 5) is 31.6. The highest BCUT2D eigenvalue weighted by Gasteiger charge is 2.31. The van der Waals surface area contributed by atoms with Crippen LogP contribution in [0.4, 0.5) is 0 Å². The molecule has 0 spiro atoms. The summed E-state index contributed by atoms with van der Waals surface area (Å²) in [6.45, 7) is 8.59. The second kappa shape index (κ2) is 13.0. The average molecular weight is 630 g/mol. The van der Waals surface area contributed by atoms with E-state index in [1.165, 1.54) is 29.2 Å². The van der Waals surface area contributed by atoms with Crippen LogP contribution < -0.4 is 33.8 Å². The lowest BCUT2D eigenvalue weighted by molar-refractivity contribution is -0.136. The maximum Gasteiger partial charge on any atom is 0.337 e. The summed E-state index contributed by atoms with van der Waals surface area (Å²) in [5, 5.41) is 0. The van der Waals surface area contributed by atoms with Crippen LogP contribution in [0.1, 0.15) is 31.0 Å². The molecule has 1 atom stereocenters. The topological polar surface area (TPSA) is 97.6 Å². The number of ether oxygens (including phenoxy) is 5. The standard InChI is InChI=1S/C29H29BrN2O7S/c1-6-11-39-26-18(12-19(30)15-23(26)35-4)14-24-27(33)32-25(20(28(34)36-5)16-31-29(32)40-24)17-9-10-21(37-7-2)22(13-17)38-8-3/h6,9-10,12-16,25H,1,7-8,11H2,2-5H3/b24-14+/t25-/m1/s1. The smallest absolute Gasteiger partial charge is 0.337 e. The SMILES string of the molecule is C=CCOc1c(/C=c2/sc3n(c2=O)[C@H](c2ccc(OCC)c(OCC)c2)C(C(=O)OC)=CN=3)cc(Br)cc1OC. The molecule has 210 valence electrons. The van der Waals surface area contributed by atoms with Crippen molar-refractivity contribution in [3.63, 3.8) is 0 Å². The van der Waals surface area contributed by atoms with Crippen LogP contribution in [0.5, 0.6) is 23.0 Å². The minimum absolute atomic E-state index is 0.215. The highest BCUT2D eigenvalue weighted by atomic mass is 79.9. The van der Waals surface area contributed by atoms with Gasteiger partial charge in [0.05, 0.1) is 43.6 Å². The van der Waals surface area contributed by atoms with Crippen LogP contribution in [0, 0.1) is 0 Å². The van der Waals surface area contributed by atoms with Gasteiger partial charge in [0, 0.05) is 16.2 Å². The number of halogens is 1. The highest BCUT2D eigenvalue weighted by Crippen LogP contribution is 2.36. The van der Waals surface area contributed by atoms with Gasteiger partial charge in [0.25, 0.3) is 5.56 Å². The third-order valence-electron chi connectivity index (χ3n) is 5.91. The van der Waals surface area contributed by atoms with Crippen molar-refractivity contribution < 1.29 is 28.5 Å². The highest BCUT2D eigenvalue weighted by molar-refractivity contribution is 9.10. The number of carbonyl (C=O) groups is 1. The molecule has 40 heavy (non-hydrogen) atoms. The molecule has 1 aliphatic heterocycles. The molecule has 0 unspecified atom stereocenters. The van der Waals surface area contributed by atoms with Crippen molar-refractivity contribution in [2.45, 2.75) is 19.9 Å². The van der Waals surface area contributed by atoms with Crippen LogP contribution in [0.15, 0.2) is 69.0 Å². The number of hydrogen-bond donors (Lipinski definition) is 0. The van der Waals surface area contributed by atoms with Gasteiger partial charge in [-0.3, -0.25) is 9.36 Å². The van der Waals surface area contributed by atoms with Gasteiger partial charge in [-0.2, -0.15) is 0 Å². The lowest BCUT2D eigenvalue weighted by Gasteiger charge is -2.23. The molecule has 2 heterocycles. The number of rotatable bonds is 11. The fourth-order valence-electron chi connectivity index (χ4n) is 4.27. The first-order valence-electron chi connectivity index (χ1n) is 12.5. The number of aromatic nitrogens is 1. The lowest BCUT2D eigenvalue weighted by Crippen LogP contribution is -2.39. The zero-order valence-corrected chi connectivity index (χ0v) is 25.0. The lowest BCUT2D eigenvalue weighted by atomic mass is 9.97. The van der Waals surface area contributed by atoms with E-state index in [0.717, 1.165) is 4.47 Å². The maximum atomic E-state index is 13.9. The van der Waals surface area contributed by atoms with Crippen LogP contribution in [-0.4, -0.2) is 44.6 Å². The fourth-order valence-corrected chi connectivity index (χ4v) is 5.69. The van der Waals surface area contributed by atoms with E-state index in [1.807, 2.05) is 19.9 Å². The summed E-state index contributed by atoms with van der Waals surface area (Å²) in [6, 6.07) is 8.16. The summed E-state index contributed by atoms with van der Waals surface area (Å²) in [5.74, 6) is 1.46. The first-order valence-corrected chi connectivity index (χ1v) is 14.1. The Morgan fingerprint density at radius 2 is 1.85 bits per heavy atom. The molecule has 1 aromatic heterocycles. The second-order valence-electron chi connectivity index (χ2n) is 8.37. The largest absolute Gasteiger partial charge is 0.493 e. The predicted molar refractivity (Wildman–Crippen MR) is 156 cm³/mol. The molecule has 0 radical (unpaired) electrons. The van der Waals surface area contributed by atoms with E-state index in [9.17, 15) is 9.59 Å². The van der Waals surface area contributed by atoms with Crippen LogP contribution in [0.2, 0.25) is 0 Å². The summed E-state index contributed by atoms with van der Waals surface area (Å²) in [5.41, 5.74) is 1.16. The van der Waals surface area contributed by atoms with Gasteiger partial charge in [0.1, 0.15) is 6.61 Å². The maximum absolute atomic E-state index is 13.9. The van der Waals surface area contributed by atoms with Crippen molar-refractivity contribution in [1.29, 1.82) is 0 Å². The molecule has 0 bridgehead atoms. The fraction of sp³-hybridized carbons (Fsp3) is 0.276. The van der Waals surface area contributed by atoms with E-state index in [1.54, 1.807) is 43.5 Å². The number of nitrogens with zero attached hydrogens (tertiary/aromatic N) is 2. The molecular weight excluding hydrogens is 600 g/mol. The van der Waals surface area contributed by atoms with Gasteiger partial charge < -0.3 is 23.7 Å². The Kier molecular flexibility index (Phi) is 9.49. The molecule has 11 heteroatoms. The molecule has 0 aliphatic carbocycles. The van der Waals surface area contributed by atoms with Gasteiger partial charge in [-0.1, -0.05) is 46.0 Å². The molecule has 1 aliphatic rings. The van der Waals surface area contributed by atoms with Gasteiger partial charge in [-0.15, -0.1) is 0 Å². The number of hydrogen-bond acceptors (Lipinski definition) is 9. The van der Waals surface area contributed by atoms with Crippen molar-refractivity contribution in [2.24, 2.45) is 4.99 Å². The summed E-state index contributed by atoms with van der Waals surface area (Å²) < 4.78 is 30.6.